The van der Waals surface area contributed by atoms with Crippen molar-refractivity contribution in [3.8, 4) is 11.8 Å². The van der Waals surface area contributed by atoms with Crippen molar-refractivity contribution in [1.29, 1.82) is 0 Å². The van der Waals surface area contributed by atoms with Crippen LogP contribution in [-0.4, -0.2) is 30.8 Å². The molecule has 0 aromatic carbocycles. The Labute approximate surface area is 74.9 Å². The van der Waals surface area contributed by atoms with E-state index in [4.69, 9.17) is 0 Å². The maximum atomic E-state index is 10.4. The molecule has 0 bridgehead atoms. The quantitative estimate of drug-likeness (QED) is 0.465. The number of nitrogens with zero attached hydrogens (tertiary/aromatic N) is 1. The van der Waals surface area contributed by atoms with Crippen molar-refractivity contribution < 1.29 is 4.79 Å². The third-order valence-corrected chi connectivity index (χ3v) is 1.51. The molecule has 0 saturated carbocycles. The number of hydrogen-bond acceptors (Lipinski definition) is 2. The van der Waals surface area contributed by atoms with Gasteiger partial charge in [0.15, 0.2) is 0 Å². The van der Waals surface area contributed by atoms with E-state index in [-0.39, 0.29) is 5.78 Å². The van der Waals surface area contributed by atoms with Crippen molar-refractivity contribution in [3.05, 3.63) is 0 Å². The van der Waals surface area contributed by atoms with Crippen LogP contribution >= 0.6 is 0 Å². The number of Topliss-reactive ketones (excluding diaryl/α,β-unsaturated/α-hetero) is 1. The Morgan fingerprint density at radius 3 is 2.67 bits per heavy atom. The first-order chi connectivity index (χ1) is 5.66. The lowest BCUT2D eigenvalue weighted by Gasteiger charge is -2.11. The van der Waals surface area contributed by atoms with E-state index in [2.05, 4.69) is 23.7 Å². The van der Waals surface area contributed by atoms with Crippen molar-refractivity contribution in [2.24, 2.45) is 0 Å². The highest BCUT2D eigenvalue weighted by atomic mass is 16.1. The summed E-state index contributed by atoms with van der Waals surface area (Å²) in [7, 11) is 2.02. The molecule has 2 nitrogen and oxygen atoms in total. The fraction of sp³-hybridized carbons (Fsp3) is 0.700. The summed E-state index contributed by atoms with van der Waals surface area (Å²) in [5.74, 6) is 5.29. The summed E-state index contributed by atoms with van der Waals surface area (Å²) in [5, 5.41) is 0. The number of hydrogen-bond donors (Lipinski definition) is 0. The molecule has 0 unspecified atom stereocenters. The second-order valence-electron chi connectivity index (χ2n) is 2.95. The van der Waals surface area contributed by atoms with Gasteiger partial charge in [-0.3, -0.25) is 9.69 Å². The molecule has 0 fully saturated rings. The van der Waals surface area contributed by atoms with E-state index < -0.39 is 0 Å². The van der Waals surface area contributed by atoms with Gasteiger partial charge in [0.1, 0.15) is 0 Å². The summed E-state index contributed by atoms with van der Waals surface area (Å²) in [6.07, 6.45) is 2.39. The standard InChI is InChI=1S/C10H17NO/c1-4-5-8-11(3)9-6-7-10(2)12/h4-5,8-9H2,1-3H3. The van der Waals surface area contributed by atoms with Crippen LogP contribution in [0.3, 0.4) is 0 Å². The molecule has 0 saturated heterocycles. The van der Waals surface area contributed by atoms with Crippen LogP contribution in [-0.2, 0) is 4.79 Å². The fourth-order valence-electron chi connectivity index (χ4n) is 0.806. The van der Waals surface area contributed by atoms with Crippen LogP contribution in [0, 0.1) is 11.8 Å². The van der Waals surface area contributed by atoms with Crippen LogP contribution < -0.4 is 0 Å². The minimum absolute atomic E-state index is 0.0566. The summed E-state index contributed by atoms with van der Waals surface area (Å²) in [6, 6.07) is 0. The van der Waals surface area contributed by atoms with E-state index in [1.165, 1.54) is 19.8 Å². The van der Waals surface area contributed by atoms with Gasteiger partial charge in [-0.2, -0.15) is 0 Å². The topological polar surface area (TPSA) is 20.3 Å². The molecule has 0 amide bonds. The third kappa shape index (κ3) is 7.30. The van der Waals surface area contributed by atoms with E-state index in [0.29, 0.717) is 6.54 Å². The zero-order valence-corrected chi connectivity index (χ0v) is 8.18. The molecular formula is C10H17NO. The van der Waals surface area contributed by atoms with Gasteiger partial charge in [-0.25, -0.2) is 0 Å². The molecular weight excluding hydrogens is 150 g/mol. The smallest absolute Gasteiger partial charge is 0.202 e. The van der Waals surface area contributed by atoms with E-state index in [0.717, 1.165) is 6.54 Å². The number of unbranched alkanes of at least 4 members (excludes halogenated alkanes) is 1. The van der Waals surface area contributed by atoms with Crippen molar-refractivity contribution in [3.63, 3.8) is 0 Å². The van der Waals surface area contributed by atoms with E-state index in [1.54, 1.807) is 0 Å². The van der Waals surface area contributed by atoms with Crippen molar-refractivity contribution in [2.45, 2.75) is 26.7 Å². The van der Waals surface area contributed by atoms with Gasteiger partial charge in [-0.05, 0) is 25.9 Å². The second-order valence-corrected chi connectivity index (χ2v) is 2.95. The molecule has 0 aliphatic carbocycles. The third-order valence-electron chi connectivity index (χ3n) is 1.51. The Morgan fingerprint density at radius 2 is 2.17 bits per heavy atom. The Bertz CT molecular complexity index is 188. The number of carbonyl (C=O) groups is 1. The number of rotatable bonds is 4. The van der Waals surface area contributed by atoms with Gasteiger partial charge < -0.3 is 0 Å². The molecule has 2 heteroatoms. The molecule has 0 aromatic rings. The van der Waals surface area contributed by atoms with Crippen molar-refractivity contribution >= 4 is 5.78 Å². The largest absolute Gasteiger partial charge is 0.295 e. The maximum absolute atomic E-state index is 10.4. The first-order valence-corrected chi connectivity index (χ1v) is 4.34. The summed E-state index contributed by atoms with van der Waals surface area (Å²) in [4.78, 5) is 12.6. The van der Waals surface area contributed by atoms with Gasteiger partial charge in [0.2, 0.25) is 5.78 Å². The van der Waals surface area contributed by atoms with Crippen LogP contribution in [0.25, 0.3) is 0 Å². The fourth-order valence-corrected chi connectivity index (χ4v) is 0.806. The van der Waals surface area contributed by atoms with Gasteiger partial charge in [0, 0.05) is 6.92 Å². The van der Waals surface area contributed by atoms with Gasteiger partial charge in [-0.1, -0.05) is 19.3 Å². The Morgan fingerprint density at radius 1 is 1.50 bits per heavy atom. The minimum Gasteiger partial charge on any atom is -0.295 e. The molecule has 68 valence electrons. The predicted molar refractivity (Wildman–Crippen MR) is 50.9 cm³/mol. The van der Waals surface area contributed by atoms with Crippen molar-refractivity contribution in [2.75, 3.05) is 20.1 Å². The van der Waals surface area contributed by atoms with Crippen molar-refractivity contribution in [1.82, 2.24) is 4.90 Å². The summed E-state index contributed by atoms with van der Waals surface area (Å²) < 4.78 is 0. The Kier molecular flexibility index (Phi) is 6.41. The average Bonchev–Trinajstić information content (AvgIpc) is 2.00. The van der Waals surface area contributed by atoms with Crippen LogP contribution in [0.4, 0.5) is 0 Å². The summed E-state index contributed by atoms with van der Waals surface area (Å²) in [5.41, 5.74) is 0. The number of carbonyl (C=O) groups excluding carboxylic acids is 1. The van der Waals surface area contributed by atoms with Gasteiger partial charge >= 0.3 is 0 Å². The Hall–Kier alpha value is -0.810. The molecule has 0 rings (SSSR count). The highest BCUT2D eigenvalue weighted by Gasteiger charge is 1.92. The maximum Gasteiger partial charge on any atom is 0.202 e. The van der Waals surface area contributed by atoms with Crippen LogP contribution in [0.1, 0.15) is 26.7 Å². The van der Waals surface area contributed by atoms with E-state index in [9.17, 15) is 4.79 Å². The monoisotopic (exact) mass is 167 g/mol. The molecule has 0 aliphatic rings. The first-order valence-electron chi connectivity index (χ1n) is 4.34. The van der Waals surface area contributed by atoms with Crippen LogP contribution in [0.15, 0.2) is 0 Å². The molecule has 12 heavy (non-hydrogen) atoms. The Balaban J connectivity index is 3.51. The molecule has 0 radical (unpaired) electrons. The normalized spacial score (nSPS) is 9.33. The predicted octanol–water partition coefficient (Wildman–Crippen LogP) is 1.31. The van der Waals surface area contributed by atoms with Crippen LogP contribution in [0.2, 0.25) is 0 Å². The molecule has 0 N–H and O–H groups in total. The SMILES string of the molecule is CCCCN(C)CC#CC(C)=O. The molecule has 0 spiro atoms. The lowest BCUT2D eigenvalue weighted by molar-refractivity contribution is -0.111. The molecule has 0 atom stereocenters. The summed E-state index contributed by atoms with van der Waals surface area (Å²) in [6.45, 7) is 5.40. The van der Waals surface area contributed by atoms with Gasteiger partial charge in [-0.15, -0.1) is 0 Å². The zero-order chi connectivity index (χ0) is 9.40. The van der Waals surface area contributed by atoms with E-state index >= 15 is 0 Å². The summed E-state index contributed by atoms with van der Waals surface area (Å²) >= 11 is 0. The highest BCUT2D eigenvalue weighted by molar-refractivity contribution is 5.93. The highest BCUT2D eigenvalue weighted by Crippen LogP contribution is 1.89. The lowest BCUT2D eigenvalue weighted by atomic mass is 10.3. The minimum atomic E-state index is -0.0566. The molecule has 0 aromatic heterocycles. The van der Waals surface area contributed by atoms with Gasteiger partial charge in [0.05, 0.1) is 6.54 Å². The second kappa shape index (κ2) is 6.87. The average molecular weight is 167 g/mol. The molecule has 0 aliphatic heterocycles. The molecule has 0 heterocycles. The number of ketones is 1. The van der Waals surface area contributed by atoms with Gasteiger partial charge in [0.25, 0.3) is 0 Å². The first kappa shape index (κ1) is 11.2. The zero-order valence-electron chi connectivity index (χ0n) is 8.18. The lowest BCUT2D eigenvalue weighted by Crippen LogP contribution is -2.19. The van der Waals surface area contributed by atoms with E-state index in [1.807, 2.05) is 7.05 Å². The van der Waals surface area contributed by atoms with Crippen LogP contribution in [0.5, 0.6) is 0 Å².